The lowest BCUT2D eigenvalue weighted by Crippen LogP contribution is -2.24. The third-order valence-electron chi connectivity index (χ3n) is 5.46. The predicted octanol–water partition coefficient (Wildman–Crippen LogP) is 3.53. The van der Waals surface area contributed by atoms with Gasteiger partial charge < -0.3 is 15.8 Å². The monoisotopic (exact) mass is 410 g/mol. The van der Waals surface area contributed by atoms with Crippen molar-refractivity contribution in [1.82, 2.24) is 5.32 Å². The molecule has 0 spiro atoms. The first-order chi connectivity index (χ1) is 15.1. The van der Waals surface area contributed by atoms with Gasteiger partial charge in [-0.05, 0) is 46.0 Å². The molecule has 0 saturated heterocycles. The first-order valence-corrected chi connectivity index (χ1v) is 10.0. The van der Waals surface area contributed by atoms with Crippen LogP contribution in [0.3, 0.4) is 0 Å². The van der Waals surface area contributed by atoms with Crippen molar-refractivity contribution in [3.63, 3.8) is 0 Å². The Morgan fingerprint density at radius 3 is 2.29 bits per heavy atom. The lowest BCUT2D eigenvalue weighted by Gasteiger charge is -2.15. The Balaban J connectivity index is 1.46. The van der Waals surface area contributed by atoms with Crippen LogP contribution in [0.1, 0.15) is 33.0 Å². The number of esters is 1. The van der Waals surface area contributed by atoms with E-state index in [1.54, 1.807) is 18.2 Å². The number of anilines is 1. The van der Waals surface area contributed by atoms with E-state index in [1.807, 2.05) is 24.3 Å². The number of hydrogen-bond acceptors (Lipinski definition) is 4. The van der Waals surface area contributed by atoms with E-state index in [-0.39, 0.29) is 31.4 Å². The van der Waals surface area contributed by atoms with Gasteiger partial charge >= 0.3 is 5.97 Å². The fourth-order valence-electron chi connectivity index (χ4n) is 3.96. The molecule has 3 aromatic rings. The summed E-state index contributed by atoms with van der Waals surface area (Å²) in [6.07, 6.45) is 5.16. The molecule has 0 unspecified atom stereocenters. The zero-order chi connectivity index (χ0) is 21.8. The van der Waals surface area contributed by atoms with E-state index in [0.29, 0.717) is 16.8 Å². The number of benzene rings is 3. The molecule has 0 saturated carbocycles. The van der Waals surface area contributed by atoms with Crippen LogP contribution in [0.15, 0.2) is 66.7 Å². The summed E-state index contributed by atoms with van der Waals surface area (Å²) in [6.45, 7) is 0.375. The normalized spacial score (nSPS) is 11.8. The number of fused-ring (bicyclic) bond motifs is 3. The fraction of sp³-hybridized carbons (Fsp3) is 0.154. The van der Waals surface area contributed by atoms with Crippen LogP contribution >= 0.6 is 0 Å². The van der Waals surface area contributed by atoms with Crippen molar-refractivity contribution in [2.45, 2.75) is 12.3 Å². The van der Waals surface area contributed by atoms with Crippen LogP contribution < -0.4 is 11.1 Å². The first kappa shape index (κ1) is 20.2. The summed E-state index contributed by atoms with van der Waals surface area (Å²) in [4.78, 5) is 24.7. The molecule has 1 amide bonds. The molecule has 0 heterocycles. The molecule has 31 heavy (non-hydrogen) atoms. The van der Waals surface area contributed by atoms with Crippen LogP contribution in [0, 0.1) is 12.3 Å². The summed E-state index contributed by atoms with van der Waals surface area (Å²) < 4.78 is 5.64. The van der Waals surface area contributed by atoms with Crippen LogP contribution in [0.4, 0.5) is 5.69 Å². The van der Waals surface area contributed by atoms with Gasteiger partial charge in [0.2, 0.25) is 0 Å². The van der Waals surface area contributed by atoms with Gasteiger partial charge in [0.1, 0.15) is 6.61 Å². The minimum atomic E-state index is -0.394. The second-order valence-electron chi connectivity index (χ2n) is 7.39. The Bertz CT molecular complexity index is 1150. The van der Waals surface area contributed by atoms with Gasteiger partial charge in [0, 0.05) is 17.2 Å². The summed E-state index contributed by atoms with van der Waals surface area (Å²) in [7, 11) is 0. The molecule has 4 rings (SSSR count). The van der Waals surface area contributed by atoms with Crippen LogP contribution in [0.25, 0.3) is 11.1 Å². The van der Waals surface area contributed by atoms with Gasteiger partial charge in [-0.3, -0.25) is 9.59 Å². The number of nitrogens with one attached hydrogen (secondary N) is 1. The van der Waals surface area contributed by atoms with Crippen molar-refractivity contribution in [1.29, 1.82) is 0 Å². The number of terminal acetylenes is 1. The van der Waals surface area contributed by atoms with Crippen molar-refractivity contribution in [2.24, 2.45) is 0 Å². The number of hydrogen-bond donors (Lipinski definition) is 2. The average molecular weight is 410 g/mol. The van der Waals surface area contributed by atoms with E-state index in [4.69, 9.17) is 16.9 Å². The highest BCUT2D eigenvalue weighted by Crippen LogP contribution is 2.44. The maximum Gasteiger partial charge on any atom is 0.310 e. The lowest BCUT2D eigenvalue weighted by molar-refractivity contribution is -0.143. The SMILES string of the molecule is C#CCNC(=O)c1ccc(N)c(CC(=O)OCC2c3ccccc3-c3ccccc32)c1. The number of nitrogens with two attached hydrogens (primary N) is 1. The van der Waals surface area contributed by atoms with Crippen molar-refractivity contribution < 1.29 is 14.3 Å². The van der Waals surface area contributed by atoms with Crippen molar-refractivity contribution >= 4 is 17.6 Å². The van der Waals surface area contributed by atoms with E-state index in [9.17, 15) is 9.59 Å². The molecular weight excluding hydrogens is 388 g/mol. The molecule has 0 fully saturated rings. The third kappa shape index (κ3) is 4.15. The maximum absolute atomic E-state index is 12.6. The Morgan fingerprint density at radius 1 is 1.00 bits per heavy atom. The molecule has 3 aromatic carbocycles. The minimum Gasteiger partial charge on any atom is -0.464 e. The van der Waals surface area contributed by atoms with Gasteiger partial charge in [0.25, 0.3) is 5.91 Å². The minimum absolute atomic E-state index is 0.00503. The molecule has 0 atom stereocenters. The van der Waals surface area contributed by atoms with Gasteiger partial charge in [0.15, 0.2) is 0 Å². The molecule has 5 nitrogen and oxygen atoms in total. The van der Waals surface area contributed by atoms with Crippen LogP contribution in [-0.2, 0) is 16.0 Å². The first-order valence-electron chi connectivity index (χ1n) is 10.0. The highest BCUT2D eigenvalue weighted by molar-refractivity contribution is 5.95. The van der Waals surface area contributed by atoms with Gasteiger partial charge in [-0.25, -0.2) is 0 Å². The van der Waals surface area contributed by atoms with Gasteiger partial charge in [-0.2, -0.15) is 0 Å². The topological polar surface area (TPSA) is 81.4 Å². The third-order valence-corrected chi connectivity index (χ3v) is 5.46. The summed E-state index contributed by atoms with van der Waals surface area (Å²) in [6, 6.07) is 21.2. The van der Waals surface area contributed by atoms with E-state index in [0.717, 1.165) is 11.1 Å². The number of carbonyl (C=O) groups excluding carboxylic acids is 2. The molecular formula is C26H22N2O3. The van der Waals surface area contributed by atoms with Crippen LogP contribution in [-0.4, -0.2) is 25.0 Å². The number of rotatable bonds is 6. The predicted molar refractivity (Wildman–Crippen MR) is 120 cm³/mol. The zero-order valence-corrected chi connectivity index (χ0v) is 16.9. The highest BCUT2D eigenvalue weighted by atomic mass is 16.5. The standard InChI is InChI=1S/C26H22N2O3/c1-2-13-28-26(30)17-11-12-24(27)18(14-17)15-25(29)31-16-23-21-9-5-3-7-19(21)20-8-4-6-10-22(20)23/h1,3-12,14,23H,13,15-16,27H2,(H,28,30). The number of nitrogen functional groups attached to an aromatic ring is 1. The summed E-state index contributed by atoms with van der Waals surface area (Å²) in [5, 5.41) is 2.60. The lowest BCUT2D eigenvalue weighted by atomic mass is 9.98. The van der Waals surface area contributed by atoms with Gasteiger partial charge in [0.05, 0.1) is 13.0 Å². The maximum atomic E-state index is 12.6. The van der Waals surface area contributed by atoms with Crippen molar-refractivity contribution in [3.05, 3.63) is 89.0 Å². The molecule has 0 aromatic heterocycles. The van der Waals surface area contributed by atoms with Crippen molar-refractivity contribution in [2.75, 3.05) is 18.9 Å². The van der Waals surface area contributed by atoms with Gasteiger partial charge in [-0.1, -0.05) is 54.5 Å². The summed E-state index contributed by atoms with van der Waals surface area (Å²) in [5.41, 5.74) is 12.0. The smallest absolute Gasteiger partial charge is 0.310 e. The number of ether oxygens (including phenoxy) is 1. The van der Waals surface area contributed by atoms with Gasteiger partial charge in [-0.15, -0.1) is 6.42 Å². The molecule has 0 aliphatic heterocycles. The highest BCUT2D eigenvalue weighted by Gasteiger charge is 2.29. The van der Waals surface area contributed by atoms with E-state index in [1.165, 1.54) is 11.1 Å². The van der Waals surface area contributed by atoms with E-state index in [2.05, 4.69) is 35.5 Å². The molecule has 1 aliphatic rings. The number of carbonyl (C=O) groups is 2. The Hall–Kier alpha value is -4.04. The Labute approximate surface area is 181 Å². The number of amides is 1. The Morgan fingerprint density at radius 2 is 1.65 bits per heavy atom. The Kier molecular flexibility index (Phi) is 5.72. The van der Waals surface area contributed by atoms with Crippen LogP contribution in [0.2, 0.25) is 0 Å². The van der Waals surface area contributed by atoms with E-state index >= 15 is 0 Å². The average Bonchev–Trinajstić information content (AvgIpc) is 3.11. The second-order valence-corrected chi connectivity index (χ2v) is 7.39. The quantitative estimate of drug-likeness (QED) is 0.370. The van der Waals surface area contributed by atoms with Crippen molar-refractivity contribution in [3.8, 4) is 23.5 Å². The van der Waals surface area contributed by atoms with Crippen LogP contribution in [0.5, 0.6) is 0 Å². The molecule has 5 heteroatoms. The molecule has 154 valence electrons. The molecule has 1 aliphatic carbocycles. The largest absolute Gasteiger partial charge is 0.464 e. The second kappa shape index (κ2) is 8.76. The molecule has 0 radical (unpaired) electrons. The molecule has 3 N–H and O–H groups in total. The fourth-order valence-corrected chi connectivity index (χ4v) is 3.96. The molecule has 0 bridgehead atoms. The zero-order valence-electron chi connectivity index (χ0n) is 16.9. The summed E-state index contributed by atoms with van der Waals surface area (Å²) in [5.74, 6) is 1.64. The summed E-state index contributed by atoms with van der Waals surface area (Å²) >= 11 is 0. The van der Waals surface area contributed by atoms with E-state index < -0.39 is 5.97 Å².